The molecule has 0 aliphatic heterocycles. The van der Waals surface area contributed by atoms with Crippen LogP contribution in [-0.4, -0.2) is 18.1 Å². The zero-order valence-corrected chi connectivity index (χ0v) is 12.0. The Hall–Kier alpha value is -2.07. The number of aromatic nitrogens is 1. The molecule has 0 spiro atoms. The van der Waals surface area contributed by atoms with Crippen molar-refractivity contribution in [2.24, 2.45) is 0 Å². The first-order chi connectivity index (χ1) is 9.63. The molecule has 106 valence electrons. The summed E-state index contributed by atoms with van der Waals surface area (Å²) in [7, 11) is 1.63. The standard InChI is InChI=1S/C16H19NO3/c1-11-12(2)15(17-14(11)10-19-3)16(18)20-9-13-7-5-4-6-8-13/h4-8,17H,9-10H2,1-3H3. The molecular weight excluding hydrogens is 254 g/mol. The van der Waals surface area contributed by atoms with E-state index in [-0.39, 0.29) is 12.6 Å². The van der Waals surface area contributed by atoms with Crippen LogP contribution < -0.4 is 0 Å². The smallest absolute Gasteiger partial charge is 0.355 e. The second-order valence-corrected chi connectivity index (χ2v) is 4.72. The molecule has 0 fully saturated rings. The summed E-state index contributed by atoms with van der Waals surface area (Å²) in [6, 6.07) is 9.63. The zero-order valence-electron chi connectivity index (χ0n) is 12.0. The third-order valence-electron chi connectivity index (χ3n) is 3.37. The first kappa shape index (κ1) is 14.3. The van der Waals surface area contributed by atoms with Gasteiger partial charge in [-0.05, 0) is 30.5 Å². The molecule has 0 atom stereocenters. The molecule has 2 rings (SSSR count). The van der Waals surface area contributed by atoms with Crippen LogP contribution in [0, 0.1) is 13.8 Å². The van der Waals surface area contributed by atoms with Gasteiger partial charge in [0.25, 0.3) is 0 Å². The van der Waals surface area contributed by atoms with E-state index in [1.807, 2.05) is 44.2 Å². The first-order valence-electron chi connectivity index (χ1n) is 6.51. The van der Waals surface area contributed by atoms with Crippen LogP contribution in [0.2, 0.25) is 0 Å². The highest BCUT2D eigenvalue weighted by Crippen LogP contribution is 2.19. The van der Waals surface area contributed by atoms with Crippen molar-refractivity contribution in [1.82, 2.24) is 4.98 Å². The van der Waals surface area contributed by atoms with E-state index in [1.165, 1.54) is 0 Å². The van der Waals surface area contributed by atoms with E-state index in [1.54, 1.807) is 7.11 Å². The predicted molar refractivity (Wildman–Crippen MR) is 76.5 cm³/mol. The van der Waals surface area contributed by atoms with Gasteiger partial charge < -0.3 is 14.5 Å². The molecule has 0 aliphatic carbocycles. The van der Waals surface area contributed by atoms with Crippen molar-refractivity contribution in [3.05, 3.63) is 58.4 Å². The molecule has 20 heavy (non-hydrogen) atoms. The minimum Gasteiger partial charge on any atom is -0.456 e. The average molecular weight is 273 g/mol. The van der Waals surface area contributed by atoms with Crippen LogP contribution in [0.4, 0.5) is 0 Å². The van der Waals surface area contributed by atoms with Gasteiger partial charge in [0.2, 0.25) is 0 Å². The molecule has 1 aromatic carbocycles. The van der Waals surface area contributed by atoms with Crippen LogP contribution in [0.15, 0.2) is 30.3 Å². The second-order valence-electron chi connectivity index (χ2n) is 4.72. The van der Waals surface area contributed by atoms with Crippen molar-refractivity contribution >= 4 is 5.97 Å². The summed E-state index contributed by atoms with van der Waals surface area (Å²) >= 11 is 0. The van der Waals surface area contributed by atoms with Gasteiger partial charge in [-0.1, -0.05) is 30.3 Å². The largest absolute Gasteiger partial charge is 0.456 e. The highest BCUT2D eigenvalue weighted by Gasteiger charge is 2.17. The number of carbonyl (C=O) groups excluding carboxylic acids is 1. The number of nitrogens with one attached hydrogen (secondary N) is 1. The van der Waals surface area contributed by atoms with E-state index < -0.39 is 0 Å². The van der Waals surface area contributed by atoms with Gasteiger partial charge in [0.1, 0.15) is 12.3 Å². The topological polar surface area (TPSA) is 51.3 Å². The number of rotatable bonds is 5. The van der Waals surface area contributed by atoms with Crippen LogP contribution in [0.3, 0.4) is 0 Å². The fourth-order valence-electron chi connectivity index (χ4n) is 2.04. The van der Waals surface area contributed by atoms with E-state index >= 15 is 0 Å². The minimum atomic E-state index is -0.336. The monoisotopic (exact) mass is 273 g/mol. The summed E-state index contributed by atoms with van der Waals surface area (Å²) in [6.07, 6.45) is 0. The average Bonchev–Trinajstić information content (AvgIpc) is 2.75. The molecule has 2 aromatic rings. The van der Waals surface area contributed by atoms with Crippen LogP contribution in [0.25, 0.3) is 0 Å². The summed E-state index contributed by atoms with van der Waals surface area (Å²) in [5.74, 6) is -0.336. The third kappa shape index (κ3) is 3.08. The lowest BCUT2D eigenvalue weighted by Crippen LogP contribution is -2.07. The van der Waals surface area contributed by atoms with E-state index in [2.05, 4.69) is 4.98 Å². The van der Waals surface area contributed by atoms with Crippen LogP contribution >= 0.6 is 0 Å². The molecule has 0 saturated carbocycles. The number of esters is 1. The molecule has 0 saturated heterocycles. The Balaban J connectivity index is 2.08. The quantitative estimate of drug-likeness (QED) is 0.851. The summed E-state index contributed by atoms with van der Waals surface area (Å²) < 4.78 is 10.4. The zero-order chi connectivity index (χ0) is 14.5. The Kier molecular flexibility index (Phi) is 4.58. The Morgan fingerprint density at radius 1 is 1.10 bits per heavy atom. The second kappa shape index (κ2) is 6.39. The van der Waals surface area contributed by atoms with Gasteiger partial charge in [-0.3, -0.25) is 0 Å². The SMILES string of the molecule is COCc1[nH]c(C(=O)OCc2ccccc2)c(C)c1C. The number of hydrogen-bond acceptors (Lipinski definition) is 3. The van der Waals surface area contributed by atoms with Gasteiger partial charge in [0.15, 0.2) is 0 Å². The fraction of sp³-hybridized carbons (Fsp3) is 0.312. The summed E-state index contributed by atoms with van der Waals surface area (Å²) in [6.45, 7) is 4.60. The molecule has 0 bridgehead atoms. The molecule has 0 radical (unpaired) electrons. The van der Waals surface area contributed by atoms with E-state index in [0.29, 0.717) is 12.3 Å². The maximum Gasteiger partial charge on any atom is 0.355 e. The number of aromatic amines is 1. The third-order valence-corrected chi connectivity index (χ3v) is 3.37. The van der Waals surface area contributed by atoms with Crippen molar-refractivity contribution in [1.29, 1.82) is 0 Å². The number of carbonyl (C=O) groups is 1. The van der Waals surface area contributed by atoms with E-state index in [4.69, 9.17) is 9.47 Å². The number of hydrogen-bond donors (Lipinski definition) is 1. The minimum absolute atomic E-state index is 0.275. The lowest BCUT2D eigenvalue weighted by atomic mass is 10.1. The van der Waals surface area contributed by atoms with Gasteiger partial charge >= 0.3 is 5.97 Å². The van der Waals surface area contributed by atoms with Crippen molar-refractivity contribution in [3.8, 4) is 0 Å². The maximum absolute atomic E-state index is 12.1. The molecule has 1 aromatic heterocycles. The fourth-order valence-corrected chi connectivity index (χ4v) is 2.04. The van der Waals surface area contributed by atoms with Gasteiger partial charge in [0, 0.05) is 12.8 Å². The number of benzene rings is 1. The van der Waals surface area contributed by atoms with Crippen LogP contribution in [0.1, 0.15) is 32.9 Å². The van der Waals surface area contributed by atoms with Gasteiger partial charge in [0.05, 0.1) is 6.61 Å². The highest BCUT2D eigenvalue weighted by atomic mass is 16.5. The summed E-state index contributed by atoms with van der Waals surface area (Å²) in [5, 5.41) is 0. The van der Waals surface area contributed by atoms with Crippen LogP contribution in [-0.2, 0) is 22.7 Å². The molecule has 0 aliphatic rings. The van der Waals surface area contributed by atoms with Crippen LogP contribution in [0.5, 0.6) is 0 Å². The van der Waals surface area contributed by atoms with Gasteiger partial charge in [-0.25, -0.2) is 4.79 Å². The Bertz CT molecular complexity index is 587. The Labute approximate surface area is 118 Å². The summed E-state index contributed by atoms with van der Waals surface area (Å²) in [4.78, 5) is 15.2. The van der Waals surface area contributed by atoms with Crippen molar-refractivity contribution in [3.63, 3.8) is 0 Å². The molecule has 1 heterocycles. The number of ether oxygens (including phenoxy) is 2. The van der Waals surface area contributed by atoms with E-state index in [0.717, 1.165) is 22.4 Å². The van der Waals surface area contributed by atoms with Crippen molar-refractivity contribution in [2.45, 2.75) is 27.1 Å². The van der Waals surface area contributed by atoms with Gasteiger partial charge in [-0.15, -0.1) is 0 Å². The lowest BCUT2D eigenvalue weighted by molar-refractivity contribution is 0.0465. The maximum atomic E-state index is 12.1. The molecule has 0 unspecified atom stereocenters. The first-order valence-corrected chi connectivity index (χ1v) is 6.51. The van der Waals surface area contributed by atoms with Crippen molar-refractivity contribution in [2.75, 3.05) is 7.11 Å². The Morgan fingerprint density at radius 3 is 2.45 bits per heavy atom. The Morgan fingerprint density at radius 2 is 1.80 bits per heavy atom. The number of H-pyrrole nitrogens is 1. The van der Waals surface area contributed by atoms with E-state index in [9.17, 15) is 4.79 Å². The molecular formula is C16H19NO3. The summed E-state index contributed by atoms with van der Waals surface area (Å²) in [5.41, 5.74) is 4.34. The normalized spacial score (nSPS) is 10.6. The van der Waals surface area contributed by atoms with Crippen molar-refractivity contribution < 1.29 is 14.3 Å². The highest BCUT2D eigenvalue weighted by molar-refractivity contribution is 5.89. The van der Waals surface area contributed by atoms with Gasteiger partial charge in [-0.2, -0.15) is 0 Å². The molecule has 4 nitrogen and oxygen atoms in total. The number of methoxy groups -OCH3 is 1. The molecule has 1 N–H and O–H groups in total. The molecule has 0 amide bonds. The molecule has 4 heteroatoms. The lowest BCUT2D eigenvalue weighted by Gasteiger charge is -2.04. The predicted octanol–water partition coefficient (Wildman–Crippen LogP) is 3.13.